The van der Waals surface area contributed by atoms with Crippen LogP contribution in [0.15, 0.2) is 30.3 Å². The molecule has 6 heteroatoms. The lowest BCUT2D eigenvalue weighted by Gasteiger charge is -2.15. The van der Waals surface area contributed by atoms with Crippen LogP contribution in [0.5, 0.6) is 0 Å². The Balaban J connectivity index is 2.12. The molecule has 3 N–H and O–H groups in total. The van der Waals surface area contributed by atoms with Gasteiger partial charge in [-0.1, -0.05) is 18.2 Å². The predicted octanol–water partition coefficient (Wildman–Crippen LogP) is 1.21. The number of fused-ring (bicyclic) bond motifs is 1. The zero-order chi connectivity index (χ0) is 15.2. The van der Waals surface area contributed by atoms with E-state index in [9.17, 15) is 4.79 Å². The van der Waals surface area contributed by atoms with Gasteiger partial charge >= 0.3 is 0 Å². The van der Waals surface area contributed by atoms with Crippen LogP contribution in [0.3, 0.4) is 0 Å². The summed E-state index contributed by atoms with van der Waals surface area (Å²) in [6.07, 6.45) is -0.197. The molecule has 0 fully saturated rings. The number of nitrogen functional groups attached to an aromatic ring is 1. The lowest BCUT2D eigenvalue weighted by atomic mass is 10.1. The van der Waals surface area contributed by atoms with Crippen LogP contribution in [0.25, 0.3) is 10.9 Å². The number of carbonyl (C=O) groups excluding carboxylic acids is 1. The van der Waals surface area contributed by atoms with Gasteiger partial charge in [0.1, 0.15) is 5.69 Å². The van der Waals surface area contributed by atoms with Gasteiger partial charge in [-0.05, 0) is 12.1 Å². The van der Waals surface area contributed by atoms with Gasteiger partial charge in [0.2, 0.25) is 0 Å². The molecule has 0 aliphatic heterocycles. The van der Waals surface area contributed by atoms with Crippen molar-refractivity contribution >= 4 is 22.5 Å². The van der Waals surface area contributed by atoms with Crippen LogP contribution in [0, 0.1) is 0 Å². The maximum atomic E-state index is 12.1. The van der Waals surface area contributed by atoms with E-state index in [1.54, 1.807) is 20.3 Å². The van der Waals surface area contributed by atoms with Gasteiger partial charge in [0, 0.05) is 31.8 Å². The number of amides is 1. The number of ether oxygens (including phenoxy) is 2. The number of nitrogens with two attached hydrogens (primary N) is 1. The Bertz CT molecular complexity index is 631. The van der Waals surface area contributed by atoms with E-state index in [1.807, 2.05) is 24.3 Å². The molecule has 0 radical (unpaired) electrons. The van der Waals surface area contributed by atoms with Gasteiger partial charge in [-0.25, -0.2) is 4.98 Å². The number of methoxy groups -OCH3 is 2. The Morgan fingerprint density at radius 3 is 2.86 bits per heavy atom. The third-order valence-electron chi connectivity index (χ3n) is 3.16. The van der Waals surface area contributed by atoms with Crippen molar-refractivity contribution in [2.75, 3.05) is 33.1 Å². The number of nitrogens with zero attached hydrogens (tertiary/aromatic N) is 1. The maximum absolute atomic E-state index is 12.1. The first-order valence-corrected chi connectivity index (χ1v) is 6.61. The summed E-state index contributed by atoms with van der Waals surface area (Å²) in [5.41, 5.74) is 7.48. The molecule has 1 amide bonds. The van der Waals surface area contributed by atoms with Crippen molar-refractivity contribution < 1.29 is 14.3 Å². The Kier molecular flexibility index (Phi) is 5.08. The van der Waals surface area contributed by atoms with Crippen LogP contribution in [0.2, 0.25) is 0 Å². The van der Waals surface area contributed by atoms with E-state index in [0.29, 0.717) is 30.0 Å². The molecule has 21 heavy (non-hydrogen) atoms. The summed E-state index contributed by atoms with van der Waals surface area (Å²) < 4.78 is 10.2. The highest BCUT2D eigenvalue weighted by Gasteiger charge is 2.13. The highest BCUT2D eigenvalue weighted by molar-refractivity contribution is 5.99. The van der Waals surface area contributed by atoms with Gasteiger partial charge in [0.05, 0.1) is 18.2 Å². The summed E-state index contributed by atoms with van der Waals surface area (Å²) in [5.74, 6) is -0.286. The summed E-state index contributed by atoms with van der Waals surface area (Å²) in [6.45, 7) is 0.752. The molecule has 1 unspecified atom stereocenters. The molecule has 0 aliphatic rings. The van der Waals surface area contributed by atoms with Crippen LogP contribution in [0.4, 0.5) is 5.69 Å². The number of anilines is 1. The van der Waals surface area contributed by atoms with Crippen molar-refractivity contribution in [2.45, 2.75) is 6.10 Å². The monoisotopic (exact) mass is 289 g/mol. The summed E-state index contributed by atoms with van der Waals surface area (Å²) in [7, 11) is 3.15. The number of hydrogen-bond donors (Lipinski definition) is 2. The minimum absolute atomic E-state index is 0.197. The fourth-order valence-electron chi connectivity index (χ4n) is 2.01. The third kappa shape index (κ3) is 3.68. The van der Waals surface area contributed by atoms with Crippen LogP contribution >= 0.6 is 0 Å². The van der Waals surface area contributed by atoms with Crippen molar-refractivity contribution in [3.8, 4) is 0 Å². The van der Waals surface area contributed by atoms with E-state index in [2.05, 4.69) is 10.3 Å². The van der Waals surface area contributed by atoms with Gasteiger partial charge in [-0.3, -0.25) is 4.79 Å². The molecule has 0 saturated carbocycles. The second-order valence-corrected chi connectivity index (χ2v) is 4.64. The predicted molar refractivity (Wildman–Crippen MR) is 81.2 cm³/mol. The van der Waals surface area contributed by atoms with E-state index >= 15 is 0 Å². The first kappa shape index (κ1) is 15.2. The van der Waals surface area contributed by atoms with Crippen molar-refractivity contribution in [3.05, 3.63) is 36.0 Å². The zero-order valence-corrected chi connectivity index (χ0v) is 12.1. The Labute approximate surface area is 123 Å². The highest BCUT2D eigenvalue weighted by atomic mass is 16.5. The minimum Gasteiger partial charge on any atom is -0.398 e. The number of rotatable bonds is 6. The third-order valence-corrected chi connectivity index (χ3v) is 3.16. The number of benzene rings is 1. The number of aromatic nitrogens is 1. The van der Waals surface area contributed by atoms with Crippen LogP contribution in [0.1, 0.15) is 10.5 Å². The molecule has 0 aliphatic carbocycles. The lowest BCUT2D eigenvalue weighted by Crippen LogP contribution is -2.36. The van der Waals surface area contributed by atoms with Crippen LogP contribution in [-0.4, -0.2) is 44.4 Å². The molecule has 6 nitrogen and oxygen atoms in total. The first-order chi connectivity index (χ1) is 10.2. The van der Waals surface area contributed by atoms with Gasteiger partial charge in [-0.15, -0.1) is 0 Å². The van der Waals surface area contributed by atoms with E-state index in [1.165, 1.54) is 0 Å². The van der Waals surface area contributed by atoms with E-state index in [0.717, 1.165) is 5.39 Å². The fourth-order valence-corrected chi connectivity index (χ4v) is 2.01. The minimum atomic E-state index is -0.286. The number of para-hydroxylation sites is 1. The average molecular weight is 289 g/mol. The normalized spacial score (nSPS) is 12.3. The van der Waals surface area contributed by atoms with Gasteiger partial charge in [0.25, 0.3) is 5.91 Å². The number of carbonyl (C=O) groups is 1. The molecule has 112 valence electrons. The maximum Gasteiger partial charge on any atom is 0.270 e. The van der Waals surface area contributed by atoms with Crippen molar-refractivity contribution in [1.82, 2.24) is 10.3 Å². The Morgan fingerprint density at radius 1 is 1.38 bits per heavy atom. The Morgan fingerprint density at radius 2 is 2.14 bits per heavy atom. The fraction of sp³-hybridized carbons (Fsp3) is 0.333. The van der Waals surface area contributed by atoms with Crippen LogP contribution in [-0.2, 0) is 9.47 Å². The molecular weight excluding hydrogens is 270 g/mol. The SMILES string of the molecule is COCC(CNC(=O)c1cc(N)c2ccccc2n1)OC. The smallest absolute Gasteiger partial charge is 0.270 e. The average Bonchev–Trinajstić information content (AvgIpc) is 2.51. The lowest BCUT2D eigenvalue weighted by molar-refractivity contribution is 0.0285. The number of hydrogen-bond acceptors (Lipinski definition) is 5. The molecule has 1 aromatic carbocycles. The van der Waals surface area contributed by atoms with Gasteiger partial charge in [0.15, 0.2) is 0 Å². The van der Waals surface area contributed by atoms with E-state index in [4.69, 9.17) is 15.2 Å². The molecule has 0 saturated heterocycles. The van der Waals surface area contributed by atoms with Gasteiger partial charge in [-0.2, -0.15) is 0 Å². The summed E-state index contributed by atoms with van der Waals surface area (Å²) >= 11 is 0. The van der Waals surface area contributed by atoms with Crippen molar-refractivity contribution in [3.63, 3.8) is 0 Å². The van der Waals surface area contributed by atoms with Gasteiger partial charge < -0.3 is 20.5 Å². The molecule has 2 rings (SSSR count). The quantitative estimate of drug-likeness (QED) is 0.834. The van der Waals surface area contributed by atoms with Crippen LogP contribution < -0.4 is 11.1 Å². The molecule has 1 heterocycles. The Hall–Kier alpha value is -2.18. The molecule has 1 aromatic heterocycles. The number of pyridine rings is 1. The van der Waals surface area contributed by atoms with Crippen molar-refractivity contribution in [2.24, 2.45) is 0 Å². The second kappa shape index (κ2) is 7.01. The topological polar surface area (TPSA) is 86.5 Å². The molecule has 0 bridgehead atoms. The van der Waals surface area contributed by atoms with E-state index < -0.39 is 0 Å². The molecular formula is C15H19N3O3. The first-order valence-electron chi connectivity index (χ1n) is 6.61. The zero-order valence-electron chi connectivity index (χ0n) is 12.1. The molecule has 0 spiro atoms. The molecule has 2 aromatic rings. The standard InChI is InChI=1S/C15H19N3O3/c1-20-9-10(21-2)8-17-15(19)14-7-12(16)11-5-3-4-6-13(11)18-14/h3-7,10H,8-9H2,1-2H3,(H2,16,18)(H,17,19). The summed E-state index contributed by atoms with van der Waals surface area (Å²) in [6, 6.07) is 9.02. The second-order valence-electron chi connectivity index (χ2n) is 4.64. The van der Waals surface area contributed by atoms with E-state index in [-0.39, 0.29) is 12.0 Å². The molecule has 1 atom stereocenters. The number of nitrogens with one attached hydrogen (secondary N) is 1. The highest BCUT2D eigenvalue weighted by Crippen LogP contribution is 2.19. The largest absolute Gasteiger partial charge is 0.398 e. The summed E-state index contributed by atoms with van der Waals surface area (Å²) in [4.78, 5) is 16.5. The van der Waals surface area contributed by atoms with Crippen molar-refractivity contribution in [1.29, 1.82) is 0 Å². The summed E-state index contributed by atoms with van der Waals surface area (Å²) in [5, 5.41) is 3.60.